The monoisotopic (exact) mass is 318 g/mol. The Morgan fingerprint density at radius 2 is 1.50 bits per heavy atom. The van der Waals surface area contributed by atoms with Gasteiger partial charge in [-0.05, 0) is 61.3 Å². The molecule has 1 aliphatic heterocycles. The molecule has 2 saturated carbocycles. The zero-order chi connectivity index (χ0) is 16.1. The first kappa shape index (κ1) is 14.1. The Bertz CT molecular complexity index is 765. The van der Waals surface area contributed by atoms with Crippen LogP contribution in [0.5, 0.6) is 0 Å². The molecule has 0 radical (unpaired) electrons. The molecular formula is C21H22N2O. The van der Waals surface area contributed by atoms with Gasteiger partial charge in [-0.1, -0.05) is 41.6 Å². The third-order valence-electron chi connectivity index (χ3n) is 6.20. The molecule has 24 heavy (non-hydrogen) atoms. The summed E-state index contributed by atoms with van der Waals surface area (Å²) in [5.41, 5.74) is 6.38. The maximum atomic E-state index is 9.72. The van der Waals surface area contributed by atoms with Crippen molar-refractivity contribution < 1.29 is 5.21 Å². The number of hydrogen-bond donors (Lipinski definition) is 1. The summed E-state index contributed by atoms with van der Waals surface area (Å²) >= 11 is 0. The van der Waals surface area contributed by atoms with Crippen molar-refractivity contribution in [1.82, 2.24) is 0 Å². The predicted molar refractivity (Wildman–Crippen MR) is 96.3 cm³/mol. The normalized spacial score (nSPS) is 29.4. The molecule has 0 aromatic heterocycles. The summed E-state index contributed by atoms with van der Waals surface area (Å²) < 4.78 is 0. The van der Waals surface area contributed by atoms with Crippen molar-refractivity contribution in [2.75, 3.05) is 4.90 Å². The van der Waals surface area contributed by atoms with E-state index in [1.54, 1.807) is 0 Å². The van der Waals surface area contributed by atoms with Crippen LogP contribution < -0.4 is 4.90 Å². The van der Waals surface area contributed by atoms with E-state index in [1.165, 1.54) is 41.8 Å². The first-order chi connectivity index (χ1) is 11.9. The van der Waals surface area contributed by atoms with Crippen LogP contribution in [0, 0.1) is 11.8 Å². The van der Waals surface area contributed by atoms with E-state index in [0.29, 0.717) is 11.8 Å². The number of benzene rings is 2. The van der Waals surface area contributed by atoms with Gasteiger partial charge in [0.05, 0.1) is 11.8 Å². The molecule has 0 amide bonds. The number of fused-ring (bicyclic) bond motifs is 4. The Morgan fingerprint density at radius 3 is 2.12 bits per heavy atom. The van der Waals surface area contributed by atoms with Crippen LogP contribution in [0.4, 0.5) is 11.4 Å². The largest absolute Gasteiger partial charge is 0.411 e. The lowest BCUT2D eigenvalue weighted by atomic mass is 9.90. The molecule has 3 heteroatoms. The van der Waals surface area contributed by atoms with Crippen molar-refractivity contribution in [3.8, 4) is 0 Å². The van der Waals surface area contributed by atoms with Gasteiger partial charge in [-0.2, -0.15) is 0 Å². The molecule has 0 unspecified atom stereocenters. The molecule has 2 bridgehead atoms. The van der Waals surface area contributed by atoms with Gasteiger partial charge < -0.3 is 10.1 Å². The number of nitrogens with zero attached hydrogens (tertiary/aromatic N) is 2. The second-order valence-electron chi connectivity index (χ2n) is 7.37. The Balaban J connectivity index is 1.72. The summed E-state index contributed by atoms with van der Waals surface area (Å²) in [4.78, 5) is 2.48. The fraction of sp³-hybridized carbons (Fsp3) is 0.381. The van der Waals surface area contributed by atoms with E-state index in [0.717, 1.165) is 18.6 Å². The highest BCUT2D eigenvalue weighted by atomic mass is 16.4. The van der Waals surface area contributed by atoms with Crippen molar-refractivity contribution in [2.45, 2.75) is 38.1 Å². The molecular weight excluding hydrogens is 296 g/mol. The molecule has 3 aliphatic rings. The van der Waals surface area contributed by atoms with E-state index in [-0.39, 0.29) is 6.04 Å². The number of oxime groups is 1. The van der Waals surface area contributed by atoms with Gasteiger partial charge in [0.1, 0.15) is 0 Å². The number of para-hydroxylation sites is 2. The van der Waals surface area contributed by atoms with E-state index in [9.17, 15) is 5.21 Å². The fourth-order valence-corrected chi connectivity index (χ4v) is 5.15. The average Bonchev–Trinajstić information content (AvgIpc) is 3.19. The molecule has 3 atom stereocenters. The molecule has 5 rings (SSSR count). The lowest BCUT2D eigenvalue weighted by Crippen LogP contribution is -2.42. The molecule has 2 aromatic carbocycles. The van der Waals surface area contributed by atoms with E-state index in [1.807, 2.05) is 0 Å². The minimum Gasteiger partial charge on any atom is -0.411 e. The molecule has 1 heterocycles. The summed E-state index contributed by atoms with van der Waals surface area (Å²) in [6.45, 7) is 0. The smallest absolute Gasteiger partial charge is 0.0832 e. The van der Waals surface area contributed by atoms with Gasteiger partial charge >= 0.3 is 0 Å². The Kier molecular flexibility index (Phi) is 3.15. The number of aryl methyl sites for hydroxylation is 2. The van der Waals surface area contributed by atoms with Crippen LogP contribution in [-0.4, -0.2) is 17.0 Å². The van der Waals surface area contributed by atoms with Gasteiger partial charge in [0.2, 0.25) is 0 Å². The van der Waals surface area contributed by atoms with Crippen LogP contribution in [0.25, 0.3) is 0 Å². The number of rotatable bonds is 1. The third-order valence-corrected chi connectivity index (χ3v) is 6.20. The lowest BCUT2D eigenvalue weighted by Gasteiger charge is -2.37. The zero-order valence-electron chi connectivity index (χ0n) is 13.7. The standard InChI is InChI=1S/C21H22N2O/c24-22-20-16-11-12-17(13-16)21(20)23-18-7-3-1-5-14(18)9-10-15-6-2-4-8-19(15)23/h1-8,16-17,21,24H,9-13H2/b22-20-/t16-,17+,21+/m0/s1. The molecule has 0 saturated heterocycles. The third kappa shape index (κ3) is 1.94. The van der Waals surface area contributed by atoms with Crippen molar-refractivity contribution in [3.63, 3.8) is 0 Å². The lowest BCUT2D eigenvalue weighted by molar-refractivity contribution is 0.311. The SMILES string of the molecule is O/N=C1/[C@H]2CC[C@H](C2)[C@H]1N1c2ccccc2CCc2ccccc21. The molecule has 2 aliphatic carbocycles. The topological polar surface area (TPSA) is 35.8 Å². The van der Waals surface area contributed by atoms with Gasteiger partial charge in [-0.15, -0.1) is 0 Å². The van der Waals surface area contributed by atoms with Gasteiger partial charge in [-0.25, -0.2) is 0 Å². The van der Waals surface area contributed by atoms with Gasteiger partial charge in [0.25, 0.3) is 0 Å². The summed E-state index contributed by atoms with van der Waals surface area (Å²) in [7, 11) is 0. The van der Waals surface area contributed by atoms with Crippen LogP contribution in [-0.2, 0) is 12.8 Å². The summed E-state index contributed by atoms with van der Waals surface area (Å²) in [6.07, 6.45) is 5.73. The Labute approximate surface area is 142 Å². The minimum atomic E-state index is 0.203. The molecule has 1 N–H and O–H groups in total. The van der Waals surface area contributed by atoms with Crippen molar-refractivity contribution in [3.05, 3.63) is 59.7 Å². The van der Waals surface area contributed by atoms with Gasteiger partial charge in [-0.3, -0.25) is 0 Å². The first-order valence-electron chi connectivity index (χ1n) is 9.03. The fourth-order valence-electron chi connectivity index (χ4n) is 5.15. The highest BCUT2D eigenvalue weighted by molar-refractivity contribution is 5.99. The highest BCUT2D eigenvalue weighted by Gasteiger charge is 2.49. The Morgan fingerprint density at radius 1 is 0.875 bits per heavy atom. The van der Waals surface area contributed by atoms with E-state index < -0.39 is 0 Å². The summed E-state index contributed by atoms with van der Waals surface area (Å²) in [5.74, 6) is 1.06. The summed E-state index contributed by atoms with van der Waals surface area (Å²) in [6, 6.07) is 17.7. The quantitative estimate of drug-likeness (QED) is 0.618. The van der Waals surface area contributed by atoms with Crippen molar-refractivity contribution in [1.29, 1.82) is 0 Å². The van der Waals surface area contributed by atoms with E-state index in [4.69, 9.17) is 0 Å². The minimum absolute atomic E-state index is 0.203. The Hall–Kier alpha value is -2.29. The molecule has 2 fully saturated rings. The first-order valence-corrected chi connectivity index (χ1v) is 9.03. The van der Waals surface area contributed by atoms with E-state index in [2.05, 4.69) is 58.6 Å². The highest BCUT2D eigenvalue weighted by Crippen LogP contribution is 2.49. The molecule has 122 valence electrons. The summed E-state index contributed by atoms with van der Waals surface area (Å²) in [5, 5.41) is 13.5. The van der Waals surface area contributed by atoms with Crippen LogP contribution in [0.3, 0.4) is 0 Å². The maximum Gasteiger partial charge on any atom is 0.0832 e. The average molecular weight is 318 g/mol. The van der Waals surface area contributed by atoms with E-state index >= 15 is 0 Å². The molecule has 3 nitrogen and oxygen atoms in total. The predicted octanol–water partition coefficient (Wildman–Crippen LogP) is 4.55. The zero-order valence-corrected chi connectivity index (χ0v) is 13.7. The van der Waals surface area contributed by atoms with Crippen LogP contribution in [0.15, 0.2) is 53.7 Å². The van der Waals surface area contributed by atoms with Crippen molar-refractivity contribution >= 4 is 17.1 Å². The maximum absolute atomic E-state index is 9.72. The van der Waals surface area contributed by atoms with Gasteiger partial charge in [0.15, 0.2) is 0 Å². The van der Waals surface area contributed by atoms with Gasteiger partial charge in [0, 0.05) is 17.3 Å². The second-order valence-corrected chi connectivity index (χ2v) is 7.37. The van der Waals surface area contributed by atoms with Crippen molar-refractivity contribution in [2.24, 2.45) is 17.0 Å². The van der Waals surface area contributed by atoms with Crippen LogP contribution in [0.2, 0.25) is 0 Å². The number of hydrogen-bond acceptors (Lipinski definition) is 3. The molecule has 2 aromatic rings. The van der Waals surface area contributed by atoms with Crippen LogP contribution in [0.1, 0.15) is 30.4 Å². The number of anilines is 2. The van der Waals surface area contributed by atoms with Crippen LogP contribution >= 0.6 is 0 Å². The molecule has 0 spiro atoms. The second kappa shape index (κ2) is 5.37.